The number of aliphatic hydroxyl groups is 4. The van der Waals surface area contributed by atoms with Gasteiger partial charge in [0, 0.05) is 18.2 Å². The fraction of sp³-hybridized carbons (Fsp3) is 0.286. The molecule has 12 heteroatoms. The van der Waals surface area contributed by atoms with Crippen LogP contribution in [0.4, 0.5) is 0 Å². The molecular weight excluding hydrogens is 464 g/mol. The van der Waals surface area contributed by atoms with Gasteiger partial charge in [-0.1, -0.05) is 0 Å². The first-order valence-corrected chi connectivity index (χ1v) is 9.52. The Balaban J connectivity index is 0.00000306. The minimum Gasteiger partial charge on any atom is -0.507 e. The van der Waals surface area contributed by atoms with Gasteiger partial charge >= 0.3 is 11.3 Å². The first-order valence-electron chi connectivity index (χ1n) is 9.52. The maximum Gasteiger partial charge on any atom is 0.402 e. The number of benzene rings is 2. The molecule has 0 radical (unpaired) electrons. The van der Waals surface area contributed by atoms with Crippen molar-refractivity contribution in [2.24, 2.45) is 0 Å². The van der Waals surface area contributed by atoms with Gasteiger partial charge in [0.25, 0.3) is 0 Å². The van der Waals surface area contributed by atoms with Crippen molar-refractivity contribution < 1.29 is 54.7 Å². The van der Waals surface area contributed by atoms with Gasteiger partial charge in [-0.25, -0.2) is 4.42 Å². The largest absolute Gasteiger partial charge is 0.507 e. The number of ether oxygens (including phenoxy) is 2. The van der Waals surface area contributed by atoms with Crippen molar-refractivity contribution in [2.45, 2.75) is 30.7 Å². The molecule has 0 saturated carbocycles. The maximum atomic E-state index is 10.3. The monoisotopic (exact) mass is 485 g/mol. The van der Waals surface area contributed by atoms with Crippen molar-refractivity contribution in [3.05, 3.63) is 36.4 Å². The van der Waals surface area contributed by atoms with Gasteiger partial charge < -0.3 is 50.3 Å². The summed E-state index contributed by atoms with van der Waals surface area (Å²) in [6.07, 6.45) is -7.76. The molecule has 2 aromatic carbocycles. The van der Waals surface area contributed by atoms with Crippen LogP contribution in [-0.4, -0.2) is 78.2 Å². The predicted octanol–water partition coefficient (Wildman–Crippen LogP) is 0.804. The summed E-state index contributed by atoms with van der Waals surface area (Å²) < 4.78 is 16.8. The van der Waals surface area contributed by atoms with Crippen LogP contribution in [0.5, 0.6) is 28.7 Å². The summed E-state index contributed by atoms with van der Waals surface area (Å²) in [5.74, 6) is -1.64. The number of hydrogen-bond acceptors (Lipinski definition) is 10. The van der Waals surface area contributed by atoms with Gasteiger partial charge in [0.1, 0.15) is 41.3 Å². The molecular formula is C21H22ClO11+. The van der Waals surface area contributed by atoms with Gasteiger partial charge in [-0.3, -0.25) is 0 Å². The number of phenolic OH excluding ortho intramolecular Hbond substituents is 4. The predicted molar refractivity (Wildman–Crippen MR) is 114 cm³/mol. The number of fused-ring (bicyclic) bond motifs is 1. The van der Waals surface area contributed by atoms with Crippen molar-refractivity contribution in [1.29, 1.82) is 0 Å². The summed E-state index contributed by atoms with van der Waals surface area (Å²) in [5, 5.41) is 79.2. The zero-order valence-corrected chi connectivity index (χ0v) is 17.6. The fourth-order valence-corrected chi connectivity index (χ4v) is 3.43. The van der Waals surface area contributed by atoms with Crippen LogP contribution in [0.15, 0.2) is 40.8 Å². The highest BCUT2D eigenvalue weighted by Crippen LogP contribution is 2.42. The van der Waals surface area contributed by atoms with Crippen LogP contribution >= 0.6 is 12.4 Å². The van der Waals surface area contributed by atoms with E-state index in [-0.39, 0.29) is 57.7 Å². The number of rotatable bonds is 4. The Labute approximate surface area is 192 Å². The van der Waals surface area contributed by atoms with E-state index in [2.05, 4.69) is 0 Å². The van der Waals surface area contributed by atoms with E-state index in [4.69, 9.17) is 13.9 Å². The van der Waals surface area contributed by atoms with Crippen molar-refractivity contribution >= 4 is 23.4 Å². The van der Waals surface area contributed by atoms with Gasteiger partial charge in [-0.15, -0.1) is 12.4 Å². The number of halogens is 1. The minimum atomic E-state index is -1.71. The third-order valence-corrected chi connectivity index (χ3v) is 5.15. The Kier molecular flexibility index (Phi) is 7.03. The minimum absolute atomic E-state index is 0. The first-order chi connectivity index (χ1) is 15.2. The molecule has 4 rings (SSSR count). The van der Waals surface area contributed by atoms with Gasteiger partial charge in [0.2, 0.25) is 12.0 Å². The van der Waals surface area contributed by atoms with E-state index in [0.29, 0.717) is 0 Å². The normalized spacial score (nSPS) is 24.9. The lowest BCUT2D eigenvalue weighted by molar-refractivity contribution is -0.277. The highest BCUT2D eigenvalue weighted by atomic mass is 35.5. The molecule has 33 heavy (non-hydrogen) atoms. The Morgan fingerprint density at radius 1 is 0.848 bits per heavy atom. The molecule has 1 aliphatic rings. The van der Waals surface area contributed by atoms with Crippen molar-refractivity contribution in [3.63, 3.8) is 0 Å². The summed E-state index contributed by atoms with van der Waals surface area (Å²) in [4.78, 5) is 0. The van der Waals surface area contributed by atoms with Crippen molar-refractivity contribution in [3.8, 4) is 40.1 Å². The average molecular weight is 486 g/mol. The van der Waals surface area contributed by atoms with Gasteiger partial charge in [0.05, 0.1) is 18.2 Å². The highest BCUT2D eigenvalue weighted by Gasteiger charge is 2.45. The molecule has 1 unspecified atom stereocenters. The number of aliphatic hydroxyl groups excluding tert-OH is 4. The van der Waals surface area contributed by atoms with Crippen molar-refractivity contribution in [1.82, 2.24) is 0 Å². The Bertz CT molecular complexity index is 1150. The van der Waals surface area contributed by atoms with Crippen LogP contribution < -0.4 is 4.74 Å². The van der Waals surface area contributed by atoms with Crippen LogP contribution in [0.3, 0.4) is 0 Å². The Morgan fingerprint density at radius 2 is 1.58 bits per heavy atom. The zero-order valence-electron chi connectivity index (χ0n) is 16.8. The smallest absolute Gasteiger partial charge is 0.402 e. The second-order valence-electron chi connectivity index (χ2n) is 7.34. The Hall–Kier alpha value is -3.06. The highest BCUT2D eigenvalue weighted by molar-refractivity contribution is 5.88. The van der Waals surface area contributed by atoms with Crippen molar-refractivity contribution in [2.75, 3.05) is 6.61 Å². The molecule has 0 spiro atoms. The molecule has 1 fully saturated rings. The van der Waals surface area contributed by atoms with Gasteiger partial charge in [-0.2, -0.15) is 0 Å². The van der Waals surface area contributed by atoms with Gasteiger partial charge in [-0.05, 0) is 12.1 Å². The molecule has 11 nitrogen and oxygen atoms in total. The second kappa shape index (κ2) is 9.43. The molecule has 2 heterocycles. The zero-order chi connectivity index (χ0) is 23.2. The molecule has 1 aromatic heterocycles. The Morgan fingerprint density at radius 3 is 2.24 bits per heavy atom. The summed E-state index contributed by atoms with van der Waals surface area (Å²) in [6.45, 7) is -0.661. The summed E-state index contributed by atoms with van der Waals surface area (Å²) >= 11 is 0. The maximum absolute atomic E-state index is 10.3. The molecule has 0 amide bonds. The molecule has 178 valence electrons. The third-order valence-electron chi connectivity index (χ3n) is 5.15. The van der Waals surface area contributed by atoms with E-state index in [9.17, 15) is 40.9 Å². The van der Waals surface area contributed by atoms with Crippen LogP contribution in [0.2, 0.25) is 0 Å². The standard InChI is InChI=1S/C21H20O11.ClH/c22-7-16-17(27)18(28)19(29)21(32-16)31-15-6-10-12(25)4-9(23)5-14(10)30-20(15)8-1-2-11(24)13(26)3-8;/h1-6,16-19,21-22,27-29H,7H2,(H3-,23,24,25,26);1H/p+1/t16-,17-,18+,19-,21?;/m1./s1. The van der Waals surface area contributed by atoms with Crippen LogP contribution in [0, 0.1) is 0 Å². The lowest BCUT2D eigenvalue weighted by atomic mass is 9.99. The molecule has 1 saturated heterocycles. The number of hydrogen-bond donors (Lipinski definition) is 8. The topological polar surface area (TPSA) is 192 Å². The number of aromatic hydroxyl groups is 4. The number of phenols is 4. The summed E-state index contributed by atoms with van der Waals surface area (Å²) in [7, 11) is 0. The molecule has 0 aliphatic carbocycles. The quantitative estimate of drug-likeness (QED) is 0.192. The van der Waals surface area contributed by atoms with E-state index >= 15 is 0 Å². The van der Waals surface area contributed by atoms with Crippen LogP contribution in [0.25, 0.3) is 22.3 Å². The average Bonchev–Trinajstić information content (AvgIpc) is 2.76. The summed E-state index contributed by atoms with van der Waals surface area (Å²) in [6, 6.07) is 7.37. The van der Waals surface area contributed by atoms with Gasteiger partial charge in [0.15, 0.2) is 11.5 Å². The fourth-order valence-electron chi connectivity index (χ4n) is 3.43. The van der Waals surface area contributed by atoms with E-state index < -0.39 is 43.1 Å². The third kappa shape index (κ3) is 4.55. The molecule has 3 aromatic rings. The molecule has 1 aliphatic heterocycles. The van der Waals surface area contributed by atoms with E-state index in [1.807, 2.05) is 0 Å². The van der Waals surface area contributed by atoms with Crippen LogP contribution in [0.1, 0.15) is 0 Å². The van der Waals surface area contributed by atoms with E-state index in [1.54, 1.807) is 0 Å². The molecule has 0 bridgehead atoms. The lowest BCUT2D eigenvalue weighted by Gasteiger charge is -2.39. The van der Waals surface area contributed by atoms with Crippen LogP contribution in [-0.2, 0) is 4.74 Å². The molecule has 8 N–H and O–H groups in total. The molecule has 5 atom stereocenters. The first kappa shape index (κ1) is 24.6. The summed E-state index contributed by atoms with van der Waals surface area (Å²) in [5.41, 5.74) is 0.260. The second-order valence-corrected chi connectivity index (χ2v) is 7.34. The van der Waals surface area contributed by atoms with E-state index in [1.165, 1.54) is 30.3 Å². The lowest BCUT2D eigenvalue weighted by Crippen LogP contribution is -2.60. The SMILES string of the molecule is Cl.OC[C@H]1OC(Oc2cc3c(O)cc(O)cc3[o+]c2-c2ccc(O)c(O)c2)[C@H](O)[C@@H](O)[C@@H]1O. The van der Waals surface area contributed by atoms with E-state index in [0.717, 1.165) is 6.07 Å².